The Kier molecular flexibility index (Phi) is 5.99. The summed E-state index contributed by atoms with van der Waals surface area (Å²) in [6, 6.07) is 12.8. The Morgan fingerprint density at radius 2 is 1.65 bits per heavy atom. The molecule has 2 aromatic carbocycles. The minimum atomic E-state index is -1.33. The molecule has 2 rings (SSSR count). The first kappa shape index (κ1) is 18.6. The number of imide groups is 1. The Bertz CT molecular complexity index is 837. The first-order valence-electron chi connectivity index (χ1n) is 7.50. The topological polar surface area (TPSA) is 128 Å². The number of carbonyl (C=O) groups excluding carboxylic acids is 3. The van der Waals surface area contributed by atoms with E-state index in [-0.39, 0.29) is 5.56 Å². The maximum Gasteiger partial charge on any atom is 0.345 e. The summed E-state index contributed by atoms with van der Waals surface area (Å²) < 4.78 is 4.90. The van der Waals surface area contributed by atoms with Crippen molar-refractivity contribution in [1.29, 1.82) is 0 Å². The molecule has 9 heteroatoms. The number of amides is 3. The van der Waals surface area contributed by atoms with Gasteiger partial charge in [0.25, 0.3) is 11.6 Å². The van der Waals surface area contributed by atoms with Crippen LogP contribution in [0.5, 0.6) is 0 Å². The van der Waals surface area contributed by atoms with Gasteiger partial charge in [0.05, 0.1) is 4.92 Å². The van der Waals surface area contributed by atoms with Crippen molar-refractivity contribution in [2.45, 2.75) is 13.0 Å². The van der Waals surface area contributed by atoms with Gasteiger partial charge in [0.15, 0.2) is 6.10 Å². The summed E-state index contributed by atoms with van der Waals surface area (Å²) in [5.74, 6) is -1.91. The molecular weight excluding hydrogens is 342 g/mol. The number of nitrogens with one attached hydrogen (secondary N) is 2. The number of anilines is 1. The van der Waals surface area contributed by atoms with Gasteiger partial charge in [0, 0.05) is 11.8 Å². The van der Waals surface area contributed by atoms with Crippen molar-refractivity contribution in [2.24, 2.45) is 0 Å². The van der Waals surface area contributed by atoms with Gasteiger partial charge in [-0.1, -0.05) is 30.3 Å². The van der Waals surface area contributed by atoms with Crippen molar-refractivity contribution in [3.63, 3.8) is 0 Å². The van der Waals surface area contributed by atoms with Crippen LogP contribution in [0.1, 0.15) is 17.3 Å². The van der Waals surface area contributed by atoms with Crippen LogP contribution in [-0.4, -0.2) is 28.9 Å². The molecule has 0 heterocycles. The summed E-state index contributed by atoms with van der Waals surface area (Å²) in [5.41, 5.74) is -0.250. The van der Waals surface area contributed by atoms with Crippen molar-refractivity contribution in [1.82, 2.24) is 5.32 Å². The predicted octanol–water partition coefficient (Wildman–Crippen LogP) is 2.49. The fraction of sp³-hybridized carbons (Fsp3) is 0.118. The van der Waals surface area contributed by atoms with Gasteiger partial charge in [-0.3, -0.25) is 20.2 Å². The fourth-order valence-electron chi connectivity index (χ4n) is 1.98. The molecule has 1 unspecified atom stereocenters. The largest absolute Gasteiger partial charge is 0.449 e. The van der Waals surface area contributed by atoms with E-state index < -0.39 is 34.6 Å². The number of rotatable bonds is 5. The van der Waals surface area contributed by atoms with E-state index in [0.717, 1.165) is 6.07 Å². The second-order valence-corrected chi connectivity index (χ2v) is 5.13. The number of carbonyl (C=O) groups is 3. The molecular formula is C17H15N3O6. The first-order valence-corrected chi connectivity index (χ1v) is 7.50. The van der Waals surface area contributed by atoms with Crippen LogP contribution >= 0.6 is 0 Å². The Morgan fingerprint density at radius 1 is 1.04 bits per heavy atom. The monoisotopic (exact) mass is 357 g/mol. The Morgan fingerprint density at radius 3 is 2.31 bits per heavy atom. The van der Waals surface area contributed by atoms with E-state index >= 15 is 0 Å². The lowest BCUT2D eigenvalue weighted by Crippen LogP contribution is -2.41. The molecule has 1 atom stereocenters. The molecule has 0 bridgehead atoms. The average molecular weight is 357 g/mol. The second kappa shape index (κ2) is 8.38. The van der Waals surface area contributed by atoms with E-state index in [2.05, 4.69) is 5.32 Å². The van der Waals surface area contributed by atoms with Crippen LogP contribution in [0.4, 0.5) is 16.2 Å². The number of nitrogens with zero attached hydrogens (tertiary/aromatic N) is 1. The van der Waals surface area contributed by atoms with Gasteiger partial charge in [-0.05, 0) is 25.1 Å². The van der Waals surface area contributed by atoms with Crippen LogP contribution in [0.15, 0.2) is 54.6 Å². The SMILES string of the molecule is CC(OC(=O)c1ccccc1[N+](=O)[O-])C(=O)NC(=O)Nc1ccccc1. The maximum atomic E-state index is 12.1. The molecule has 0 saturated carbocycles. The molecule has 0 saturated heterocycles. The molecule has 2 aromatic rings. The van der Waals surface area contributed by atoms with Crippen LogP contribution < -0.4 is 10.6 Å². The van der Waals surface area contributed by atoms with Crippen molar-refractivity contribution in [3.8, 4) is 0 Å². The summed E-state index contributed by atoms with van der Waals surface area (Å²) in [5, 5.41) is 15.4. The Balaban J connectivity index is 1.95. The summed E-state index contributed by atoms with van der Waals surface area (Å²) in [6.07, 6.45) is -1.33. The smallest absolute Gasteiger partial charge is 0.345 e. The molecule has 0 spiro atoms. The van der Waals surface area contributed by atoms with Crippen molar-refractivity contribution < 1.29 is 24.0 Å². The third kappa shape index (κ3) is 4.87. The molecule has 9 nitrogen and oxygen atoms in total. The van der Waals surface area contributed by atoms with Gasteiger partial charge in [-0.2, -0.15) is 0 Å². The van der Waals surface area contributed by atoms with Crippen LogP contribution in [0.25, 0.3) is 0 Å². The number of hydrogen-bond donors (Lipinski definition) is 2. The molecule has 0 aromatic heterocycles. The van der Waals surface area contributed by atoms with Gasteiger partial charge in [0.1, 0.15) is 5.56 Å². The minimum Gasteiger partial charge on any atom is -0.449 e. The molecule has 0 aliphatic carbocycles. The lowest BCUT2D eigenvalue weighted by Gasteiger charge is -2.13. The average Bonchev–Trinajstić information content (AvgIpc) is 2.62. The van der Waals surface area contributed by atoms with E-state index in [1.54, 1.807) is 30.3 Å². The van der Waals surface area contributed by atoms with Crippen LogP contribution in [0, 0.1) is 10.1 Å². The Hall–Kier alpha value is -3.75. The third-order valence-corrected chi connectivity index (χ3v) is 3.24. The highest BCUT2D eigenvalue weighted by Gasteiger charge is 2.25. The molecule has 0 radical (unpaired) electrons. The zero-order valence-corrected chi connectivity index (χ0v) is 13.7. The van der Waals surface area contributed by atoms with E-state index in [9.17, 15) is 24.5 Å². The summed E-state index contributed by atoms with van der Waals surface area (Å²) in [6.45, 7) is 1.25. The van der Waals surface area contributed by atoms with E-state index in [1.807, 2.05) is 5.32 Å². The van der Waals surface area contributed by atoms with Gasteiger partial charge >= 0.3 is 12.0 Å². The number of esters is 1. The van der Waals surface area contributed by atoms with Gasteiger partial charge in [0.2, 0.25) is 0 Å². The third-order valence-electron chi connectivity index (χ3n) is 3.24. The summed E-state index contributed by atoms with van der Waals surface area (Å²) >= 11 is 0. The van der Waals surface area contributed by atoms with Crippen molar-refractivity contribution >= 4 is 29.3 Å². The van der Waals surface area contributed by atoms with Crippen molar-refractivity contribution in [3.05, 3.63) is 70.3 Å². The zero-order valence-electron chi connectivity index (χ0n) is 13.7. The lowest BCUT2D eigenvalue weighted by molar-refractivity contribution is -0.385. The molecule has 0 fully saturated rings. The normalized spacial score (nSPS) is 11.1. The molecule has 3 amide bonds. The highest BCUT2D eigenvalue weighted by atomic mass is 16.6. The van der Waals surface area contributed by atoms with Crippen LogP contribution in [0.3, 0.4) is 0 Å². The zero-order chi connectivity index (χ0) is 19.1. The van der Waals surface area contributed by atoms with Gasteiger partial charge < -0.3 is 10.1 Å². The number of nitro groups is 1. The molecule has 0 aliphatic heterocycles. The Labute approximate surface area is 148 Å². The number of benzene rings is 2. The maximum absolute atomic E-state index is 12.1. The summed E-state index contributed by atoms with van der Waals surface area (Å²) in [4.78, 5) is 46.0. The summed E-state index contributed by atoms with van der Waals surface area (Å²) in [7, 11) is 0. The van der Waals surface area contributed by atoms with Gasteiger partial charge in [-0.15, -0.1) is 0 Å². The fourth-order valence-corrected chi connectivity index (χ4v) is 1.98. The van der Waals surface area contributed by atoms with Crippen molar-refractivity contribution in [2.75, 3.05) is 5.32 Å². The standard InChI is InChI=1S/C17H15N3O6/c1-11(15(21)19-17(23)18-12-7-3-2-4-8-12)26-16(22)13-9-5-6-10-14(13)20(24)25/h2-11H,1H3,(H2,18,19,21,23). The van der Waals surface area contributed by atoms with E-state index in [1.165, 1.54) is 25.1 Å². The van der Waals surface area contributed by atoms with Crippen LogP contribution in [0.2, 0.25) is 0 Å². The molecule has 134 valence electrons. The molecule has 26 heavy (non-hydrogen) atoms. The molecule has 0 aliphatic rings. The lowest BCUT2D eigenvalue weighted by atomic mass is 10.2. The van der Waals surface area contributed by atoms with E-state index in [0.29, 0.717) is 5.69 Å². The number of para-hydroxylation sites is 2. The minimum absolute atomic E-state index is 0.286. The predicted molar refractivity (Wildman–Crippen MR) is 91.6 cm³/mol. The number of nitro benzene ring substituents is 1. The second-order valence-electron chi connectivity index (χ2n) is 5.13. The van der Waals surface area contributed by atoms with E-state index in [4.69, 9.17) is 4.74 Å². The number of ether oxygens (including phenoxy) is 1. The quantitative estimate of drug-likeness (QED) is 0.481. The first-order chi connectivity index (χ1) is 12.4. The highest BCUT2D eigenvalue weighted by molar-refractivity contribution is 6.03. The number of hydrogen-bond acceptors (Lipinski definition) is 6. The molecule has 2 N–H and O–H groups in total. The van der Waals surface area contributed by atoms with Crippen LogP contribution in [-0.2, 0) is 9.53 Å². The highest BCUT2D eigenvalue weighted by Crippen LogP contribution is 2.19. The van der Waals surface area contributed by atoms with Gasteiger partial charge in [-0.25, -0.2) is 9.59 Å². The number of urea groups is 1.